The largest absolute Gasteiger partial charge is 0.336 e. The number of rotatable bonds is 6. The van der Waals surface area contributed by atoms with Crippen LogP contribution in [0.5, 0.6) is 0 Å². The van der Waals surface area contributed by atoms with Gasteiger partial charge in [0.05, 0.1) is 10.8 Å². The molecule has 7 nitrogen and oxygen atoms in total. The first-order valence-electron chi connectivity index (χ1n) is 11.9. The monoisotopic (exact) mass is 495 g/mol. The molecule has 1 heterocycles. The fourth-order valence-corrected chi connectivity index (χ4v) is 6.32. The lowest BCUT2D eigenvalue weighted by Gasteiger charge is -2.34. The Morgan fingerprint density at radius 1 is 0.971 bits per heavy atom. The van der Waals surface area contributed by atoms with Crippen molar-refractivity contribution in [1.82, 2.24) is 9.21 Å². The van der Waals surface area contributed by atoms with Gasteiger partial charge < -0.3 is 10.2 Å². The minimum Gasteiger partial charge on any atom is -0.336 e. The Labute approximate surface area is 207 Å². The first-order chi connectivity index (χ1) is 16.5. The molecule has 35 heavy (non-hydrogen) atoms. The summed E-state index contributed by atoms with van der Waals surface area (Å²) in [5.41, 5.74) is 2.12. The molecule has 0 bridgehead atoms. The summed E-state index contributed by atoms with van der Waals surface area (Å²) in [5.74, 6) is -0.163. The van der Waals surface area contributed by atoms with Crippen LogP contribution >= 0.6 is 0 Å². The number of hydrogen-bond donors (Lipinski definition) is 1. The van der Waals surface area contributed by atoms with E-state index in [1.165, 1.54) is 15.9 Å². The minimum absolute atomic E-state index is 0.0956. The second kappa shape index (κ2) is 9.59. The predicted octanol–water partition coefficient (Wildman–Crippen LogP) is 4.01. The Balaban J connectivity index is 1.41. The molecule has 0 aromatic heterocycles. The number of carbonyl (C=O) groups is 2. The van der Waals surface area contributed by atoms with Gasteiger partial charge in [-0.05, 0) is 55.5 Å². The number of piperazine rings is 1. The molecule has 2 fully saturated rings. The van der Waals surface area contributed by atoms with Gasteiger partial charge in [-0.15, -0.1) is 0 Å². The van der Waals surface area contributed by atoms with E-state index >= 15 is 0 Å². The van der Waals surface area contributed by atoms with Crippen molar-refractivity contribution < 1.29 is 18.0 Å². The number of sulfonamides is 1. The highest BCUT2D eigenvalue weighted by molar-refractivity contribution is 7.89. The molecule has 8 heteroatoms. The van der Waals surface area contributed by atoms with Gasteiger partial charge in [0.2, 0.25) is 15.9 Å². The van der Waals surface area contributed by atoms with Crippen LogP contribution in [0, 0.1) is 17.3 Å². The van der Waals surface area contributed by atoms with Crippen molar-refractivity contribution in [2.24, 2.45) is 17.3 Å². The van der Waals surface area contributed by atoms with Crippen molar-refractivity contribution >= 4 is 27.5 Å². The first kappa shape index (κ1) is 25.1. The van der Waals surface area contributed by atoms with Crippen LogP contribution in [0.1, 0.15) is 38.1 Å². The van der Waals surface area contributed by atoms with E-state index < -0.39 is 10.0 Å². The van der Waals surface area contributed by atoms with E-state index in [0.717, 1.165) is 0 Å². The molecule has 0 spiro atoms. The Kier molecular flexibility index (Phi) is 6.88. The average Bonchev–Trinajstić information content (AvgIpc) is 3.38. The fourth-order valence-electron chi connectivity index (χ4n) is 4.85. The number of benzene rings is 2. The summed E-state index contributed by atoms with van der Waals surface area (Å²) in [6.07, 6.45) is 2.13. The van der Waals surface area contributed by atoms with Gasteiger partial charge in [0, 0.05) is 37.4 Å². The molecule has 1 N–H and O–H groups in total. The second-order valence-corrected chi connectivity index (χ2v) is 12.1. The van der Waals surface area contributed by atoms with Gasteiger partial charge in [-0.2, -0.15) is 4.31 Å². The Morgan fingerprint density at radius 3 is 2.26 bits per heavy atom. The third-order valence-corrected chi connectivity index (χ3v) is 8.89. The fraction of sp³-hybridized carbons (Fsp3) is 0.407. The van der Waals surface area contributed by atoms with E-state index in [1.807, 2.05) is 32.0 Å². The maximum absolute atomic E-state index is 13.3. The van der Waals surface area contributed by atoms with E-state index in [0.29, 0.717) is 24.3 Å². The van der Waals surface area contributed by atoms with Crippen LogP contribution in [0.15, 0.2) is 71.1 Å². The zero-order chi connectivity index (χ0) is 25.4. The molecule has 1 saturated carbocycles. The van der Waals surface area contributed by atoms with E-state index in [1.54, 1.807) is 35.2 Å². The molecule has 1 aliphatic heterocycles. The normalized spacial score (nSPS) is 21.8. The van der Waals surface area contributed by atoms with Gasteiger partial charge in [-0.3, -0.25) is 9.59 Å². The van der Waals surface area contributed by atoms with Crippen molar-refractivity contribution in [3.8, 4) is 0 Å². The highest BCUT2D eigenvalue weighted by atomic mass is 32.2. The van der Waals surface area contributed by atoms with Crippen LogP contribution in [-0.2, 0) is 14.8 Å². The Morgan fingerprint density at radius 2 is 1.63 bits per heavy atom. The molecule has 2 aliphatic rings. The van der Waals surface area contributed by atoms with Crippen LogP contribution in [0.4, 0.5) is 5.69 Å². The number of nitrogens with zero attached hydrogens (tertiary/aromatic N) is 2. The number of hydrogen-bond acceptors (Lipinski definition) is 4. The summed E-state index contributed by atoms with van der Waals surface area (Å²) in [4.78, 5) is 27.4. The maximum atomic E-state index is 13.3. The van der Waals surface area contributed by atoms with E-state index in [9.17, 15) is 18.0 Å². The van der Waals surface area contributed by atoms with Gasteiger partial charge in [0.25, 0.3) is 5.91 Å². The summed E-state index contributed by atoms with van der Waals surface area (Å²) in [7, 11) is -3.75. The van der Waals surface area contributed by atoms with Crippen LogP contribution in [0.25, 0.3) is 0 Å². The molecular formula is C27H33N3O4S. The van der Waals surface area contributed by atoms with Crippen LogP contribution in [0.2, 0.25) is 0 Å². The number of carbonyl (C=O) groups excluding carboxylic acids is 2. The van der Waals surface area contributed by atoms with Crippen molar-refractivity contribution in [2.75, 3.05) is 31.5 Å². The van der Waals surface area contributed by atoms with Gasteiger partial charge >= 0.3 is 0 Å². The van der Waals surface area contributed by atoms with Crippen LogP contribution in [0.3, 0.4) is 0 Å². The highest BCUT2D eigenvalue weighted by Crippen LogP contribution is 2.59. The summed E-state index contributed by atoms with van der Waals surface area (Å²) in [6, 6.07) is 15.4. The molecule has 2 amide bonds. The number of nitrogens with one attached hydrogen (secondary N) is 1. The van der Waals surface area contributed by atoms with Crippen LogP contribution < -0.4 is 5.32 Å². The van der Waals surface area contributed by atoms with E-state index in [2.05, 4.69) is 25.2 Å². The smallest absolute Gasteiger partial charge is 0.253 e. The standard InChI is InChI=1S/C27H33N3O4S/c1-19(2)17-23-24(27(23,3)4)25(31)28-21-11-8-12-22(18-21)35(33,34)30-15-13-29(14-16-30)26(32)20-9-6-5-7-10-20/h5-12,17-18,23-24H,13-16H2,1-4H3,(H,28,31)/t23-,24-/m0/s1. The lowest BCUT2D eigenvalue weighted by atomic mass is 10.1. The quantitative estimate of drug-likeness (QED) is 0.614. The predicted molar refractivity (Wildman–Crippen MR) is 136 cm³/mol. The molecule has 4 rings (SSSR count). The second-order valence-electron chi connectivity index (χ2n) is 10.1. The third kappa shape index (κ3) is 5.18. The molecule has 186 valence electrons. The summed E-state index contributed by atoms with van der Waals surface area (Å²) >= 11 is 0. The molecule has 0 radical (unpaired) electrons. The summed E-state index contributed by atoms with van der Waals surface area (Å²) < 4.78 is 28.0. The minimum atomic E-state index is -3.75. The lowest BCUT2D eigenvalue weighted by Crippen LogP contribution is -2.50. The maximum Gasteiger partial charge on any atom is 0.253 e. The molecule has 2 atom stereocenters. The SMILES string of the molecule is CC(C)=C[C@H]1[C@@H](C(=O)Nc2cccc(S(=O)(=O)N3CCN(C(=O)c4ccccc4)CC3)c2)C1(C)C. The molecule has 1 saturated heterocycles. The number of anilines is 1. The van der Waals surface area contributed by atoms with Crippen molar-refractivity contribution in [2.45, 2.75) is 32.6 Å². The average molecular weight is 496 g/mol. The summed E-state index contributed by atoms with van der Waals surface area (Å²) in [5, 5.41) is 2.91. The van der Waals surface area contributed by atoms with Gasteiger partial charge in [0.15, 0.2) is 0 Å². The van der Waals surface area contributed by atoms with Crippen molar-refractivity contribution in [3.05, 3.63) is 71.8 Å². The van der Waals surface area contributed by atoms with Gasteiger partial charge in [-0.25, -0.2) is 8.42 Å². The molecule has 0 unspecified atom stereocenters. The molecule has 2 aromatic carbocycles. The van der Waals surface area contributed by atoms with Crippen molar-refractivity contribution in [1.29, 1.82) is 0 Å². The third-order valence-electron chi connectivity index (χ3n) is 6.99. The van der Waals surface area contributed by atoms with E-state index in [4.69, 9.17) is 0 Å². The topological polar surface area (TPSA) is 86.8 Å². The summed E-state index contributed by atoms with van der Waals surface area (Å²) in [6.45, 7) is 9.28. The number of amides is 2. The first-order valence-corrected chi connectivity index (χ1v) is 13.4. The molecule has 1 aliphatic carbocycles. The van der Waals surface area contributed by atoms with Gasteiger partial charge in [-0.1, -0.05) is 49.8 Å². The molecule has 2 aromatic rings. The molecular weight excluding hydrogens is 462 g/mol. The Bertz CT molecular complexity index is 1240. The zero-order valence-electron chi connectivity index (χ0n) is 20.7. The van der Waals surface area contributed by atoms with Crippen LogP contribution in [-0.4, -0.2) is 55.6 Å². The number of allylic oxidation sites excluding steroid dienone is 2. The zero-order valence-corrected chi connectivity index (χ0v) is 21.5. The van der Waals surface area contributed by atoms with Crippen molar-refractivity contribution in [3.63, 3.8) is 0 Å². The van der Waals surface area contributed by atoms with E-state index in [-0.39, 0.29) is 47.1 Å². The Hall–Kier alpha value is -2.97. The lowest BCUT2D eigenvalue weighted by molar-refractivity contribution is -0.118. The van der Waals surface area contributed by atoms with Gasteiger partial charge in [0.1, 0.15) is 0 Å². The highest BCUT2D eigenvalue weighted by Gasteiger charge is 2.60.